The van der Waals surface area contributed by atoms with Crippen molar-refractivity contribution < 1.29 is 157 Å². The molecule has 0 radical (unpaired) electrons. The summed E-state index contributed by atoms with van der Waals surface area (Å²) in [6.45, 7) is 14.0. The van der Waals surface area contributed by atoms with Crippen LogP contribution < -0.4 is 0 Å². The number of aliphatic hydroxyl groups is 15. The van der Waals surface area contributed by atoms with Crippen LogP contribution in [0.1, 0.15) is 106 Å². The van der Waals surface area contributed by atoms with Crippen LogP contribution >= 0.6 is 0 Å². The zero-order valence-electron chi connectivity index (χ0n) is 57.4. The van der Waals surface area contributed by atoms with Gasteiger partial charge in [0.25, 0.3) is 0 Å². The van der Waals surface area contributed by atoms with Gasteiger partial charge in [-0.1, -0.05) is 44.9 Å². The average molecular weight is 1420 g/mol. The van der Waals surface area contributed by atoms with Crippen LogP contribution in [-0.4, -0.2) is 325 Å². The third-order valence-electron chi connectivity index (χ3n) is 24.4. The highest BCUT2D eigenvalue weighted by Crippen LogP contribution is 2.75. The first-order valence-electron chi connectivity index (χ1n) is 34.7. The summed E-state index contributed by atoms with van der Waals surface area (Å²) in [7, 11) is 2.36. The third-order valence-corrected chi connectivity index (χ3v) is 24.4. The molecule has 0 aromatic heterocycles. The van der Waals surface area contributed by atoms with E-state index in [1.54, 1.807) is 0 Å². The van der Waals surface area contributed by atoms with Crippen LogP contribution in [0.4, 0.5) is 0 Å². The summed E-state index contributed by atoms with van der Waals surface area (Å²) in [5.74, 6) is -1.04. The van der Waals surface area contributed by atoms with Crippen molar-refractivity contribution in [3.63, 3.8) is 0 Å². The van der Waals surface area contributed by atoms with Gasteiger partial charge in [-0.25, -0.2) is 0 Å². The number of methoxy groups -OCH3 is 2. The highest BCUT2D eigenvalue weighted by atomic mass is 16.8. The summed E-state index contributed by atoms with van der Waals surface area (Å²) in [6.07, 6.45) is -42.8. The molecule has 15 N–H and O–H groups in total. The van der Waals surface area contributed by atoms with E-state index in [2.05, 4.69) is 40.3 Å². The molecule has 32 heteroatoms. The summed E-state index contributed by atoms with van der Waals surface area (Å²) in [6, 6.07) is 0. The molecule has 11 aliphatic rings. The summed E-state index contributed by atoms with van der Waals surface area (Å²) in [5.41, 5.74) is -1.63. The molecule has 566 valence electrons. The summed E-state index contributed by atoms with van der Waals surface area (Å²) in [5, 5.41) is 167. The number of carbonyl (C=O) groups excluding carboxylic acids is 2. The number of Topliss-reactive ketones (excluding diaryl/α,β-unsaturated/α-hetero) is 1. The molecule has 99 heavy (non-hydrogen) atoms. The second-order valence-corrected chi connectivity index (χ2v) is 30.6. The molecule has 32 nitrogen and oxygen atoms in total. The third kappa shape index (κ3) is 13.4. The summed E-state index contributed by atoms with van der Waals surface area (Å²) < 4.78 is 90.1. The van der Waals surface area contributed by atoms with E-state index in [4.69, 9.17) is 71.1 Å². The highest BCUT2D eigenvalue weighted by molar-refractivity contribution is 5.99. The van der Waals surface area contributed by atoms with E-state index in [0.717, 1.165) is 18.4 Å². The van der Waals surface area contributed by atoms with E-state index in [-0.39, 0.29) is 30.0 Å². The molecule has 11 rings (SSSR count). The molecule has 7 aliphatic heterocycles. The number of hydrogen-bond donors (Lipinski definition) is 15. The van der Waals surface area contributed by atoms with Crippen LogP contribution in [0.5, 0.6) is 0 Å². The van der Waals surface area contributed by atoms with Gasteiger partial charge in [0.2, 0.25) is 0 Å². The first-order chi connectivity index (χ1) is 46.7. The Morgan fingerprint density at radius 2 is 1.03 bits per heavy atom. The number of cyclic esters (lactones) is 1. The minimum atomic E-state index is -2.08. The maximum Gasteiger partial charge on any atom is 0.314 e. The monoisotopic (exact) mass is 1420 g/mol. The van der Waals surface area contributed by atoms with Gasteiger partial charge in [-0.15, -0.1) is 6.58 Å². The fourth-order valence-corrected chi connectivity index (χ4v) is 19.0. The molecule has 0 bridgehead atoms. The maximum absolute atomic E-state index is 14.6. The van der Waals surface area contributed by atoms with Crippen molar-refractivity contribution in [3.05, 3.63) is 23.8 Å². The minimum absolute atomic E-state index is 0.0488. The van der Waals surface area contributed by atoms with Crippen LogP contribution in [0.15, 0.2) is 23.8 Å². The normalized spacial score (nSPS) is 52.1. The van der Waals surface area contributed by atoms with E-state index in [9.17, 15) is 86.2 Å². The zero-order chi connectivity index (χ0) is 72.1. The lowest BCUT2D eigenvalue weighted by Gasteiger charge is -2.63. The number of hydrogen-bond acceptors (Lipinski definition) is 32. The van der Waals surface area contributed by atoms with Gasteiger partial charge >= 0.3 is 5.97 Å². The van der Waals surface area contributed by atoms with Crippen molar-refractivity contribution in [1.29, 1.82) is 0 Å². The Balaban J connectivity index is 0.837. The molecule has 0 unspecified atom stereocenters. The van der Waals surface area contributed by atoms with Gasteiger partial charge in [-0.05, 0) is 100 Å². The molecule has 1 spiro atoms. The van der Waals surface area contributed by atoms with Crippen molar-refractivity contribution in [2.24, 2.45) is 39.4 Å². The van der Waals surface area contributed by atoms with Crippen molar-refractivity contribution >= 4 is 11.8 Å². The van der Waals surface area contributed by atoms with Crippen LogP contribution in [0.2, 0.25) is 0 Å². The average Bonchev–Trinajstić information content (AvgIpc) is 1.51. The van der Waals surface area contributed by atoms with E-state index in [0.29, 0.717) is 38.5 Å². The van der Waals surface area contributed by atoms with Crippen molar-refractivity contribution in [2.75, 3.05) is 47.3 Å². The Morgan fingerprint density at radius 1 is 0.556 bits per heavy atom. The van der Waals surface area contributed by atoms with E-state index >= 15 is 0 Å². The van der Waals surface area contributed by atoms with Crippen LogP contribution in [-0.2, 0) is 80.6 Å². The lowest BCUT2D eigenvalue weighted by molar-refractivity contribution is -0.397. The van der Waals surface area contributed by atoms with E-state index in [1.807, 2.05) is 13.8 Å². The zero-order valence-corrected chi connectivity index (χ0v) is 57.4. The van der Waals surface area contributed by atoms with Gasteiger partial charge in [0.15, 0.2) is 37.7 Å². The molecule has 7 saturated heterocycles. The van der Waals surface area contributed by atoms with Crippen molar-refractivity contribution in [3.8, 4) is 0 Å². The van der Waals surface area contributed by atoms with Crippen LogP contribution in [0.3, 0.4) is 0 Å². The molecule has 0 aromatic carbocycles. The predicted octanol–water partition coefficient (Wildman–Crippen LogP) is -3.91. The largest absolute Gasteiger partial charge is 0.458 e. The SMILES string of the molecule is C=C(C)CCC[C@]1(C)OC(=O)[C@]23CC=C4[C@@H](CC[C@H]5C(C)(C)[C@@H](O[C@@H]6OC[C@@H](O[C@@H]7O[C@H](CO)[C@@H](O)[C@H](O[C@@H]8O[C@H](CO)[C@@H](O)[C@H](OC)[C@H]8O)[C@H]7O)[C@H](O)[C@H]6O[C@@H]6O[C@H](C)[C@@H](O[C@@H]7O[C@H](CO)[C@@H](O)[C@H](O[C@@H]8O[C@H](CO)[C@@H](O)[C@H](OC)[C@H]8O)[C@H]7O)[C@H](O)[C@H]6O)CC[C@]45C)[C@]2(C)CC(=O)[C@@H]31. The Kier molecular flexibility index (Phi) is 23.5. The smallest absolute Gasteiger partial charge is 0.314 e. The number of ketones is 1. The van der Waals surface area contributed by atoms with Crippen molar-refractivity contribution in [2.45, 2.75) is 296 Å². The molecular formula is C67H106O32. The number of rotatable bonds is 22. The maximum atomic E-state index is 14.6. The first kappa shape index (κ1) is 77.6. The Labute approximate surface area is 573 Å². The number of fused-ring (bicyclic) bond motifs is 4. The molecule has 0 aromatic rings. The predicted molar refractivity (Wildman–Crippen MR) is 331 cm³/mol. The minimum Gasteiger partial charge on any atom is -0.458 e. The topological polar surface area (TPSA) is 476 Å². The fraction of sp³-hybridized carbons (Fsp3) is 0.910. The van der Waals surface area contributed by atoms with Gasteiger partial charge in [-0.2, -0.15) is 0 Å². The highest BCUT2D eigenvalue weighted by Gasteiger charge is 2.79. The quantitative estimate of drug-likeness (QED) is 0.0280. The lowest BCUT2D eigenvalue weighted by atomic mass is 9.41. The van der Waals surface area contributed by atoms with Crippen LogP contribution in [0.25, 0.3) is 0 Å². The number of esters is 1. The van der Waals surface area contributed by atoms with Gasteiger partial charge in [0.1, 0.15) is 146 Å². The second-order valence-electron chi connectivity index (χ2n) is 30.6. The molecular weight excluding hydrogens is 1320 g/mol. The van der Waals surface area contributed by atoms with Crippen molar-refractivity contribution in [1.82, 2.24) is 0 Å². The number of allylic oxidation sites excluding steroid dienone is 3. The lowest BCUT2D eigenvalue weighted by Crippen LogP contribution is -2.67. The van der Waals surface area contributed by atoms with Gasteiger partial charge in [-0.3, -0.25) is 9.59 Å². The Hall–Kier alpha value is -2.54. The molecule has 3 saturated carbocycles. The Bertz CT molecular complexity index is 2840. The number of aliphatic hydroxyl groups excluding tert-OH is 15. The number of carbonyl (C=O) groups is 2. The van der Waals surface area contributed by atoms with E-state index < -0.39 is 250 Å². The van der Waals surface area contributed by atoms with Crippen LogP contribution in [0, 0.1) is 39.4 Å². The Morgan fingerprint density at radius 3 is 1.54 bits per heavy atom. The standard InChI is InChI=1S/C67H106O32/c1-26(2)12-11-17-66(8)55-30(72)20-65(7)29-13-14-36-63(4,5)37(16-18-64(36,6)28(29)15-19-67(55,65)62(84)99-66)94-61-54(42(77)35(25-87-61)93-57-47(82)52(40(75)33(23-70)89-57)96-58-45(80)50(85-9)38(73)31(21-68)90-58)98-56-44(79)43(78)49(27(3)88-56)95-60-48(83)53(41(76)34(24-71)92-60)97-59-46(81)51(86-10)39(74)32(22-69)91-59/h15,27,29,31-61,68-71,73-83H,1,11-14,16-25H2,2-10H3/t27-,29-,31-,32-,33-,34-,35-,36+,37+,38-,39-,40-,41-,42+,43-,44-,45-,46-,47-,48-,49-,50+,51+,52+,53+,54-,55-,56+,57+,58+,59+,60+,61+,64-,65+,66+,67-/m1/s1. The molecule has 10 fully saturated rings. The molecule has 7 heterocycles. The summed E-state index contributed by atoms with van der Waals surface area (Å²) in [4.78, 5) is 29.1. The summed E-state index contributed by atoms with van der Waals surface area (Å²) >= 11 is 0. The second kappa shape index (κ2) is 30.0. The van der Waals surface area contributed by atoms with Gasteiger partial charge < -0.3 is 148 Å². The molecule has 37 atom stereocenters. The first-order valence-corrected chi connectivity index (χ1v) is 34.7. The molecule has 0 amide bonds. The molecule has 4 aliphatic carbocycles. The fourth-order valence-electron chi connectivity index (χ4n) is 19.0. The van der Waals surface area contributed by atoms with Gasteiger partial charge in [0, 0.05) is 20.6 Å². The number of ether oxygens (including phenoxy) is 15. The van der Waals surface area contributed by atoms with Gasteiger partial charge in [0.05, 0.1) is 56.6 Å². The van der Waals surface area contributed by atoms with E-state index in [1.165, 1.54) is 26.7 Å².